The summed E-state index contributed by atoms with van der Waals surface area (Å²) in [5, 5.41) is 3.52. The van der Waals surface area contributed by atoms with Crippen LogP contribution in [0, 0.1) is 19.8 Å². The predicted octanol–water partition coefficient (Wildman–Crippen LogP) is 3.14. The van der Waals surface area contributed by atoms with E-state index >= 15 is 0 Å². The van der Waals surface area contributed by atoms with E-state index in [-0.39, 0.29) is 0 Å². The number of rotatable bonds is 4. The lowest BCUT2D eigenvalue weighted by molar-refractivity contribution is 0.0860. The highest BCUT2D eigenvalue weighted by Crippen LogP contribution is 2.46. The van der Waals surface area contributed by atoms with Gasteiger partial charge in [0.2, 0.25) is 0 Å². The van der Waals surface area contributed by atoms with E-state index < -0.39 is 0 Å². The highest BCUT2D eigenvalue weighted by atomic mass is 16.5. The van der Waals surface area contributed by atoms with Crippen molar-refractivity contribution in [1.82, 2.24) is 5.32 Å². The van der Waals surface area contributed by atoms with Crippen LogP contribution in [0.25, 0.3) is 0 Å². The lowest BCUT2D eigenvalue weighted by Gasteiger charge is -2.31. The van der Waals surface area contributed by atoms with Gasteiger partial charge in [0.05, 0.1) is 19.3 Å². The largest absolute Gasteiger partial charge is 0.496 e. The van der Waals surface area contributed by atoms with Crippen molar-refractivity contribution < 1.29 is 9.47 Å². The van der Waals surface area contributed by atoms with E-state index in [9.17, 15) is 0 Å². The van der Waals surface area contributed by atoms with Gasteiger partial charge in [-0.15, -0.1) is 0 Å². The van der Waals surface area contributed by atoms with E-state index in [0.717, 1.165) is 5.75 Å². The van der Waals surface area contributed by atoms with Crippen LogP contribution in [0.1, 0.15) is 42.0 Å². The van der Waals surface area contributed by atoms with Gasteiger partial charge in [-0.05, 0) is 57.4 Å². The van der Waals surface area contributed by atoms with Gasteiger partial charge in [-0.1, -0.05) is 6.07 Å². The van der Waals surface area contributed by atoms with Gasteiger partial charge in [-0.2, -0.15) is 0 Å². The molecule has 3 rings (SSSR count). The molecule has 0 aliphatic carbocycles. The van der Waals surface area contributed by atoms with Gasteiger partial charge in [-0.25, -0.2) is 0 Å². The quantitative estimate of drug-likeness (QED) is 0.915. The lowest BCUT2D eigenvalue weighted by Crippen LogP contribution is -2.32. The van der Waals surface area contributed by atoms with Crippen molar-refractivity contribution >= 4 is 0 Å². The fourth-order valence-corrected chi connectivity index (χ4v) is 4.11. The molecule has 3 heteroatoms. The zero-order valence-electron chi connectivity index (χ0n) is 12.9. The fourth-order valence-electron chi connectivity index (χ4n) is 4.11. The van der Waals surface area contributed by atoms with Crippen LogP contribution in [0.2, 0.25) is 0 Å². The van der Waals surface area contributed by atoms with Crippen LogP contribution in [0.3, 0.4) is 0 Å². The first kappa shape index (κ1) is 13.9. The summed E-state index contributed by atoms with van der Waals surface area (Å²) in [6.07, 6.45) is 4.52. The molecule has 1 aromatic carbocycles. The normalized spacial score (nSPS) is 29.7. The van der Waals surface area contributed by atoms with E-state index in [1.807, 2.05) is 0 Å². The topological polar surface area (TPSA) is 30.5 Å². The smallest absolute Gasteiger partial charge is 0.124 e. The Morgan fingerprint density at radius 1 is 1.30 bits per heavy atom. The average molecular weight is 275 g/mol. The van der Waals surface area contributed by atoms with Crippen molar-refractivity contribution in [3.8, 4) is 5.75 Å². The van der Waals surface area contributed by atoms with Crippen molar-refractivity contribution in [3.05, 3.63) is 28.8 Å². The van der Waals surface area contributed by atoms with E-state index in [1.165, 1.54) is 36.0 Å². The molecule has 2 saturated heterocycles. The molecule has 4 unspecified atom stereocenters. The first-order valence-electron chi connectivity index (χ1n) is 7.62. The first-order valence-corrected chi connectivity index (χ1v) is 7.62. The van der Waals surface area contributed by atoms with E-state index in [1.54, 1.807) is 7.11 Å². The van der Waals surface area contributed by atoms with E-state index in [0.29, 0.717) is 24.2 Å². The van der Waals surface area contributed by atoms with Crippen molar-refractivity contribution in [2.45, 2.75) is 51.4 Å². The number of hydrogen-bond donors (Lipinski definition) is 1. The summed E-state index contributed by atoms with van der Waals surface area (Å²) < 4.78 is 11.7. The van der Waals surface area contributed by atoms with Crippen LogP contribution >= 0.6 is 0 Å². The summed E-state index contributed by atoms with van der Waals surface area (Å²) in [5.74, 6) is 1.57. The molecule has 2 aliphatic rings. The summed E-state index contributed by atoms with van der Waals surface area (Å²) in [5.41, 5.74) is 3.87. The van der Waals surface area contributed by atoms with E-state index in [4.69, 9.17) is 9.47 Å². The highest BCUT2D eigenvalue weighted by molar-refractivity contribution is 5.45. The van der Waals surface area contributed by atoms with Gasteiger partial charge < -0.3 is 14.8 Å². The highest BCUT2D eigenvalue weighted by Gasteiger charge is 2.45. The molecule has 1 N–H and O–H groups in total. The van der Waals surface area contributed by atoms with Crippen molar-refractivity contribution in [1.29, 1.82) is 0 Å². The Bertz CT molecular complexity index is 500. The van der Waals surface area contributed by atoms with Gasteiger partial charge in [0.1, 0.15) is 5.75 Å². The molecular formula is C17H25NO2. The summed E-state index contributed by atoms with van der Waals surface area (Å²) in [6.45, 7) is 4.30. The van der Waals surface area contributed by atoms with Crippen molar-refractivity contribution in [3.63, 3.8) is 0 Å². The minimum absolute atomic E-state index is 0.320. The third-order valence-corrected chi connectivity index (χ3v) is 4.92. The second-order valence-corrected chi connectivity index (χ2v) is 6.24. The number of benzene rings is 1. The maximum Gasteiger partial charge on any atom is 0.124 e. The van der Waals surface area contributed by atoms with Crippen LogP contribution in [0.15, 0.2) is 12.1 Å². The number of fused-ring (bicyclic) bond motifs is 2. The summed E-state index contributed by atoms with van der Waals surface area (Å²) in [7, 11) is 3.82. The average Bonchev–Trinajstić information content (AvgIpc) is 3.04. The third-order valence-electron chi connectivity index (χ3n) is 4.92. The van der Waals surface area contributed by atoms with Gasteiger partial charge in [0.25, 0.3) is 0 Å². The van der Waals surface area contributed by atoms with Crippen molar-refractivity contribution in [2.24, 2.45) is 5.92 Å². The second-order valence-electron chi connectivity index (χ2n) is 6.24. The number of ether oxygens (including phenoxy) is 2. The monoisotopic (exact) mass is 275 g/mol. The molecule has 2 aliphatic heterocycles. The molecule has 3 nitrogen and oxygen atoms in total. The molecular weight excluding hydrogens is 250 g/mol. The summed E-state index contributed by atoms with van der Waals surface area (Å²) in [4.78, 5) is 0. The standard InChI is InChI=1S/C17H25NO2/c1-10-7-11(2)16(15(8-10)19-4)17(18-3)13-9-12-5-6-14(13)20-12/h7-8,12-14,17-18H,5-6,9H2,1-4H3. The minimum atomic E-state index is 0.320. The van der Waals surface area contributed by atoms with Crippen LogP contribution in [0.5, 0.6) is 5.75 Å². The Kier molecular flexibility index (Phi) is 3.74. The number of hydrogen-bond acceptors (Lipinski definition) is 3. The zero-order valence-corrected chi connectivity index (χ0v) is 12.9. The van der Waals surface area contributed by atoms with E-state index in [2.05, 4.69) is 38.3 Å². The predicted molar refractivity (Wildman–Crippen MR) is 80.3 cm³/mol. The van der Waals surface area contributed by atoms with Crippen LogP contribution in [0.4, 0.5) is 0 Å². The number of methoxy groups -OCH3 is 1. The van der Waals surface area contributed by atoms with Gasteiger partial charge in [0, 0.05) is 17.5 Å². The maximum atomic E-state index is 6.05. The molecule has 0 saturated carbocycles. The molecule has 0 amide bonds. The summed E-state index contributed by atoms with van der Waals surface area (Å²) in [6, 6.07) is 4.71. The van der Waals surface area contributed by atoms with Gasteiger partial charge >= 0.3 is 0 Å². The van der Waals surface area contributed by atoms with Crippen molar-refractivity contribution in [2.75, 3.05) is 14.2 Å². The minimum Gasteiger partial charge on any atom is -0.496 e. The van der Waals surface area contributed by atoms with Gasteiger partial charge in [-0.3, -0.25) is 0 Å². The molecule has 1 aromatic rings. The first-order chi connectivity index (χ1) is 9.63. The van der Waals surface area contributed by atoms with Crippen LogP contribution < -0.4 is 10.1 Å². The Morgan fingerprint density at radius 2 is 2.10 bits per heavy atom. The van der Waals surface area contributed by atoms with Crippen LogP contribution in [-0.4, -0.2) is 26.4 Å². The van der Waals surface area contributed by atoms with Gasteiger partial charge in [0.15, 0.2) is 0 Å². The SMILES string of the molecule is CNC(c1c(C)cc(C)cc1OC)C1CC2CCC1O2. The Labute approximate surface area is 121 Å². The lowest BCUT2D eigenvalue weighted by atomic mass is 9.79. The molecule has 2 heterocycles. The number of aryl methyl sites for hydroxylation is 2. The number of nitrogens with one attached hydrogen (secondary N) is 1. The Morgan fingerprint density at radius 3 is 2.65 bits per heavy atom. The molecule has 0 spiro atoms. The summed E-state index contributed by atoms with van der Waals surface area (Å²) >= 11 is 0. The maximum absolute atomic E-state index is 6.05. The molecule has 110 valence electrons. The Hall–Kier alpha value is -1.06. The fraction of sp³-hybridized carbons (Fsp3) is 0.647. The van der Waals surface area contributed by atoms with Crippen LogP contribution in [-0.2, 0) is 4.74 Å². The second kappa shape index (κ2) is 5.38. The molecule has 0 radical (unpaired) electrons. The molecule has 2 fully saturated rings. The molecule has 2 bridgehead atoms. The zero-order chi connectivity index (χ0) is 14.3. The Balaban J connectivity index is 1.97. The molecule has 4 atom stereocenters. The molecule has 20 heavy (non-hydrogen) atoms. The molecule has 0 aromatic heterocycles. The third kappa shape index (κ3) is 2.23.